The zero-order valence-corrected chi connectivity index (χ0v) is 17.8. The number of hydrogen-bond acceptors (Lipinski definition) is 5. The fourth-order valence-corrected chi connectivity index (χ4v) is 3.74. The number of benzene rings is 2. The number of hydrogen-bond donors (Lipinski definition) is 1. The first-order valence-corrected chi connectivity index (χ1v) is 10.8. The maximum absolute atomic E-state index is 12.7. The molecule has 0 saturated carbocycles. The fourth-order valence-electron chi connectivity index (χ4n) is 2.86. The lowest BCUT2D eigenvalue weighted by molar-refractivity contribution is 0.0939. The quantitative estimate of drug-likeness (QED) is 0.633. The Morgan fingerprint density at radius 2 is 1.83 bits per heavy atom. The Morgan fingerprint density at radius 1 is 1.17 bits per heavy atom. The van der Waals surface area contributed by atoms with Crippen molar-refractivity contribution in [1.29, 1.82) is 0 Å². The number of rotatable bonds is 9. The molecule has 2 aromatic carbocycles. The van der Waals surface area contributed by atoms with Crippen LogP contribution in [-0.4, -0.2) is 41.3 Å². The summed E-state index contributed by atoms with van der Waals surface area (Å²) in [6.07, 6.45) is 2.63. The van der Waals surface area contributed by atoms with Gasteiger partial charge in [-0.3, -0.25) is 9.10 Å². The normalized spacial score (nSPS) is 12.0. The van der Waals surface area contributed by atoms with E-state index in [0.717, 1.165) is 11.8 Å². The van der Waals surface area contributed by atoms with Crippen LogP contribution in [0.4, 0.5) is 5.69 Å². The van der Waals surface area contributed by atoms with Gasteiger partial charge in [-0.15, -0.1) is 6.58 Å². The number of anilines is 1. The number of carbonyl (C=O) groups is 1. The largest absolute Gasteiger partial charge is 0.497 e. The lowest BCUT2D eigenvalue weighted by Crippen LogP contribution is -2.30. The van der Waals surface area contributed by atoms with Gasteiger partial charge in [-0.25, -0.2) is 8.42 Å². The van der Waals surface area contributed by atoms with E-state index in [9.17, 15) is 13.2 Å². The molecule has 0 aliphatic rings. The van der Waals surface area contributed by atoms with Gasteiger partial charge < -0.3 is 14.8 Å². The number of sulfonamides is 1. The van der Waals surface area contributed by atoms with E-state index in [2.05, 4.69) is 11.9 Å². The molecule has 0 heterocycles. The number of nitrogens with zero attached hydrogens (tertiary/aromatic N) is 1. The molecule has 1 amide bonds. The number of ether oxygens (including phenoxy) is 2. The van der Waals surface area contributed by atoms with Crippen LogP contribution in [0.1, 0.15) is 28.9 Å². The Morgan fingerprint density at radius 3 is 2.34 bits per heavy atom. The minimum absolute atomic E-state index is 0.150. The molecule has 0 radical (unpaired) electrons. The van der Waals surface area contributed by atoms with Gasteiger partial charge in [-0.05, 0) is 49.4 Å². The Bertz CT molecular complexity index is 971. The summed E-state index contributed by atoms with van der Waals surface area (Å²) in [7, 11) is -0.310. The first kappa shape index (κ1) is 22.3. The zero-order valence-electron chi connectivity index (χ0n) is 17.0. The van der Waals surface area contributed by atoms with Crippen LogP contribution in [0.25, 0.3) is 0 Å². The Balaban J connectivity index is 2.20. The summed E-state index contributed by atoms with van der Waals surface area (Å²) in [5, 5.41) is 2.92. The molecule has 0 aliphatic heterocycles. The monoisotopic (exact) mass is 418 g/mol. The maximum Gasteiger partial charge on any atom is 0.251 e. The third-order valence-corrected chi connectivity index (χ3v) is 5.52. The third kappa shape index (κ3) is 5.51. The van der Waals surface area contributed by atoms with E-state index in [1.165, 1.54) is 10.4 Å². The van der Waals surface area contributed by atoms with E-state index in [0.29, 0.717) is 22.7 Å². The van der Waals surface area contributed by atoms with Crippen molar-refractivity contribution in [2.75, 3.05) is 31.3 Å². The SMILES string of the molecule is C=CCN(c1ccc(C(=O)NC(C)c2cc(OC)ccc2OC)cc1)S(C)(=O)=O. The van der Waals surface area contributed by atoms with Crippen molar-refractivity contribution in [3.63, 3.8) is 0 Å². The summed E-state index contributed by atoms with van der Waals surface area (Å²) < 4.78 is 35.7. The fraction of sp³-hybridized carbons (Fsp3) is 0.286. The first-order valence-electron chi connectivity index (χ1n) is 8.92. The Kier molecular flexibility index (Phi) is 7.28. The highest BCUT2D eigenvalue weighted by Gasteiger charge is 2.18. The molecule has 2 aromatic rings. The Labute approximate surface area is 172 Å². The van der Waals surface area contributed by atoms with Crippen molar-refractivity contribution in [1.82, 2.24) is 5.32 Å². The minimum Gasteiger partial charge on any atom is -0.497 e. The average Bonchev–Trinajstić information content (AvgIpc) is 2.70. The average molecular weight is 419 g/mol. The highest BCUT2D eigenvalue weighted by Crippen LogP contribution is 2.29. The number of amides is 1. The van der Waals surface area contributed by atoms with Gasteiger partial charge in [-0.2, -0.15) is 0 Å². The molecule has 29 heavy (non-hydrogen) atoms. The second-order valence-corrected chi connectivity index (χ2v) is 8.34. The van der Waals surface area contributed by atoms with E-state index >= 15 is 0 Å². The highest BCUT2D eigenvalue weighted by atomic mass is 32.2. The van der Waals surface area contributed by atoms with Gasteiger partial charge in [0.05, 0.1) is 38.7 Å². The minimum atomic E-state index is -3.45. The van der Waals surface area contributed by atoms with Gasteiger partial charge in [0.2, 0.25) is 10.0 Å². The lowest BCUT2D eigenvalue weighted by Gasteiger charge is -2.21. The molecule has 0 aliphatic carbocycles. The molecule has 1 atom stereocenters. The van der Waals surface area contributed by atoms with Gasteiger partial charge >= 0.3 is 0 Å². The van der Waals surface area contributed by atoms with Gasteiger partial charge in [0.15, 0.2) is 0 Å². The van der Waals surface area contributed by atoms with Crippen molar-refractivity contribution in [2.24, 2.45) is 0 Å². The van der Waals surface area contributed by atoms with Crippen LogP contribution in [-0.2, 0) is 10.0 Å². The topological polar surface area (TPSA) is 84.9 Å². The van der Waals surface area contributed by atoms with Gasteiger partial charge in [0.25, 0.3) is 5.91 Å². The van der Waals surface area contributed by atoms with Crippen molar-refractivity contribution in [3.05, 3.63) is 66.2 Å². The molecule has 156 valence electrons. The van der Waals surface area contributed by atoms with Crippen LogP contribution in [0.5, 0.6) is 11.5 Å². The number of carbonyl (C=O) groups excluding carboxylic acids is 1. The van der Waals surface area contributed by atoms with Gasteiger partial charge in [-0.1, -0.05) is 6.08 Å². The zero-order chi connectivity index (χ0) is 21.6. The van der Waals surface area contributed by atoms with Gasteiger partial charge in [0.1, 0.15) is 11.5 Å². The molecule has 2 rings (SSSR count). The third-order valence-electron chi connectivity index (χ3n) is 4.36. The van der Waals surface area contributed by atoms with Crippen LogP contribution in [0, 0.1) is 0 Å². The van der Waals surface area contributed by atoms with Gasteiger partial charge in [0, 0.05) is 11.1 Å². The summed E-state index contributed by atoms with van der Waals surface area (Å²) >= 11 is 0. The first-order chi connectivity index (χ1) is 13.7. The number of nitrogens with one attached hydrogen (secondary N) is 1. The summed E-state index contributed by atoms with van der Waals surface area (Å²) in [4.78, 5) is 12.7. The molecule has 0 fully saturated rings. The molecular weight excluding hydrogens is 392 g/mol. The van der Waals surface area contributed by atoms with Crippen molar-refractivity contribution < 1.29 is 22.7 Å². The van der Waals surface area contributed by atoms with Crippen LogP contribution in [0.2, 0.25) is 0 Å². The second-order valence-electron chi connectivity index (χ2n) is 6.43. The highest BCUT2D eigenvalue weighted by molar-refractivity contribution is 7.92. The predicted octanol–water partition coefficient (Wildman–Crippen LogP) is 3.15. The Hall–Kier alpha value is -3.00. The molecule has 0 spiro atoms. The molecular formula is C21H26N2O5S. The smallest absolute Gasteiger partial charge is 0.251 e. The summed E-state index contributed by atoms with van der Waals surface area (Å²) in [6, 6.07) is 11.4. The van der Waals surface area contributed by atoms with E-state index in [-0.39, 0.29) is 18.5 Å². The van der Waals surface area contributed by atoms with Crippen LogP contribution >= 0.6 is 0 Å². The summed E-state index contributed by atoms with van der Waals surface area (Å²) in [5.41, 5.74) is 1.66. The van der Waals surface area contributed by atoms with Crippen LogP contribution < -0.4 is 19.1 Å². The maximum atomic E-state index is 12.7. The lowest BCUT2D eigenvalue weighted by atomic mass is 10.1. The second kappa shape index (κ2) is 9.47. The molecule has 0 aromatic heterocycles. The molecule has 1 unspecified atom stereocenters. The van der Waals surface area contributed by atoms with Crippen molar-refractivity contribution in [3.8, 4) is 11.5 Å². The molecule has 7 nitrogen and oxygen atoms in total. The molecule has 1 N–H and O–H groups in total. The summed E-state index contributed by atoms with van der Waals surface area (Å²) in [5.74, 6) is 1.01. The standard InChI is InChI=1S/C21H26N2O5S/c1-6-13-23(29(5,25)26)17-9-7-16(8-10-17)21(24)22-15(2)19-14-18(27-3)11-12-20(19)28-4/h6-12,14-15H,1,13H2,2-5H3,(H,22,24). The summed E-state index contributed by atoms with van der Waals surface area (Å²) in [6.45, 7) is 5.58. The van der Waals surface area contributed by atoms with Crippen LogP contribution in [0.3, 0.4) is 0 Å². The molecule has 8 heteroatoms. The van der Waals surface area contributed by atoms with E-state index in [1.807, 2.05) is 13.0 Å². The van der Waals surface area contributed by atoms with Crippen LogP contribution in [0.15, 0.2) is 55.1 Å². The molecule has 0 bridgehead atoms. The van der Waals surface area contributed by atoms with Crippen molar-refractivity contribution >= 4 is 21.6 Å². The van der Waals surface area contributed by atoms with Crippen molar-refractivity contribution in [2.45, 2.75) is 13.0 Å². The predicted molar refractivity (Wildman–Crippen MR) is 114 cm³/mol. The number of methoxy groups -OCH3 is 2. The van der Waals surface area contributed by atoms with E-state index in [1.54, 1.807) is 50.6 Å². The molecule has 0 saturated heterocycles. The van der Waals surface area contributed by atoms with E-state index < -0.39 is 10.0 Å². The van der Waals surface area contributed by atoms with E-state index in [4.69, 9.17) is 9.47 Å².